The van der Waals surface area contributed by atoms with Crippen LogP contribution >= 0.6 is 12.4 Å². The number of rotatable bonds is 8. The van der Waals surface area contributed by atoms with E-state index in [-0.39, 0.29) is 24.8 Å². The average Bonchev–Trinajstić information content (AvgIpc) is 2.88. The van der Waals surface area contributed by atoms with E-state index in [1.54, 1.807) is 24.3 Å². The van der Waals surface area contributed by atoms with Gasteiger partial charge in [0.1, 0.15) is 17.4 Å². The van der Waals surface area contributed by atoms with Crippen molar-refractivity contribution in [2.75, 3.05) is 19.7 Å². The summed E-state index contributed by atoms with van der Waals surface area (Å²) in [6.07, 6.45) is 3.12. The summed E-state index contributed by atoms with van der Waals surface area (Å²) in [7, 11) is 0. The summed E-state index contributed by atoms with van der Waals surface area (Å²) in [5.41, 5.74) is 4.87. The van der Waals surface area contributed by atoms with E-state index in [9.17, 15) is 19.0 Å². The number of phenols is 1. The van der Waals surface area contributed by atoms with E-state index >= 15 is 0 Å². The number of halogens is 3. The third-order valence-electron chi connectivity index (χ3n) is 7.23. The predicted molar refractivity (Wildman–Crippen MR) is 149 cm³/mol. The smallest absolute Gasteiger partial charge is 0.133 e. The SMILES string of the molecule is CC(C)N1CCC(c2ccc(/C(=C(/CCCO)c3ccc(F)cc3F)c3ccc(O)cc3)cc2)CC1.Cl. The van der Waals surface area contributed by atoms with Crippen molar-refractivity contribution in [3.05, 3.63) is 101 Å². The second kappa shape index (κ2) is 13.2. The van der Waals surface area contributed by atoms with Crippen LogP contribution in [0.5, 0.6) is 5.75 Å². The monoisotopic (exact) mass is 527 g/mol. The number of aromatic hydroxyl groups is 1. The van der Waals surface area contributed by atoms with Gasteiger partial charge in [0, 0.05) is 24.3 Å². The lowest BCUT2D eigenvalue weighted by molar-refractivity contribution is 0.172. The summed E-state index contributed by atoms with van der Waals surface area (Å²) < 4.78 is 28.7. The Kier molecular flexibility index (Phi) is 10.3. The van der Waals surface area contributed by atoms with Crippen LogP contribution in [0.2, 0.25) is 0 Å². The molecule has 6 heteroatoms. The number of hydrogen-bond acceptors (Lipinski definition) is 3. The highest BCUT2D eigenvalue weighted by Gasteiger charge is 2.23. The number of allylic oxidation sites excluding steroid dienone is 1. The van der Waals surface area contributed by atoms with Crippen molar-refractivity contribution in [2.45, 2.75) is 51.5 Å². The summed E-state index contributed by atoms with van der Waals surface area (Å²) in [5, 5.41) is 19.4. The minimum absolute atomic E-state index is 0. The first kappa shape index (κ1) is 28.8. The molecule has 1 saturated heterocycles. The van der Waals surface area contributed by atoms with Gasteiger partial charge in [-0.1, -0.05) is 36.4 Å². The quantitative estimate of drug-likeness (QED) is 0.300. The zero-order chi connectivity index (χ0) is 25.7. The fourth-order valence-corrected chi connectivity index (χ4v) is 5.20. The summed E-state index contributed by atoms with van der Waals surface area (Å²) in [4.78, 5) is 2.52. The summed E-state index contributed by atoms with van der Waals surface area (Å²) in [6.45, 7) is 6.63. The van der Waals surface area contributed by atoms with E-state index in [0.29, 0.717) is 35.9 Å². The van der Waals surface area contributed by atoms with E-state index < -0.39 is 11.6 Å². The Hall–Kier alpha value is -2.73. The van der Waals surface area contributed by atoms with Crippen LogP contribution in [-0.2, 0) is 0 Å². The average molecular weight is 528 g/mol. The van der Waals surface area contributed by atoms with Gasteiger partial charge < -0.3 is 15.1 Å². The molecule has 1 aliphatic heterocycles. The molecule has 0 aromatic heterocycles. The van der Waals surface area contributed by atoms with Crippen LogP contribution in [0.25, 0.3) is 11.1 Å². The Labute approximate surface area is 224 Å². The lowest BCUT2D eigenvalue weighted by Gasteiger charge is -2.34. The van der Waals surface area contributed by atoms with E-state index in [1.807, 2.05) is 0 Å². The van der Waals surface area contributed by atoms with Gasteiger partial charge in [-0.15, -0.1) is 12.4 Å². The van der Waals surface area contributed by atoms with E-state index in [4.69, 9.17) is 0 Å². The molecule has 0 radical (unpaired) electrons. The van der Waals surface area contributed by atoms with Crippen LogP contribution < -0.4 is 0 Å². The highest BCUT2D eigenvalue weighted by atomic mass is 35.5. The van der Waals surface area contributed by atoms with Gasteiger partial charge in [-0.25, -0.2) is 8.78 Å². The normalized spacial score (nSPS) is 15.4. The van der Waals surface area contributed by atoms with Crippen LogP contribution in [0.15, 0.2) is 66.7 Å². The number of nitrogens with zero attached hydrogens (tertiary/aromatic N) is 1. The molecule has 37 heavy (non-hydrogen) atoms. The van der Waals surface area contributed by atoms with Crippen molar-refractivity contribution in [2.24, 2.45) is 0 Å². The van der Waals surface area contributed by atoms with Gasteiger partial charge in [-0.3, -0.25) is 0 Å². The number of aliphatic hydroxyl groups is 1. The van der Waals surface area contributed by atoms with Crippen molar-refractivity contribution in [3.63, 3.8) is 0 Å². The first-order valence-electron chi connectivity index (χ1n) is 12.8. The van der Waals surface area contributed by atoms with Gasteiger partial charge in [0.05, 0.1) is 0 Å². The number of aliphatic hydroxyl groups excluding tert-OH is 1. The second-order valence-electron chi connectivity index (χ2n) is 9.88. The van der Waals surface area contributed by atoms with Crippen LogP contribution in [-0.4, -0.2) is 40.9 Å². The lowest BCUT2D eigenvalue weighted by atomic mass is 9.84. The Morgan fingerprint density at radius 1 is 0.919 bits per heavy atom. The molecule has 0 aliphatic carbocycles. The third-order valence-corrected chi connectivity index (χ3v) is 7.23. The van der Waals surface area contributed by atoms with E-state index in [0.717, 1.165) is 48.7 Å². The fourth-order valence-electron chi connectivity index (χ4n) is 5.20. The molecule has 0 amide bonds. The fraction of sp³-hybridized carbons (Fsp3) is 0.355. The second-order valence-corrected chi connectivity index (χ2v) is 9.88. The Morgan fingerprint density at radius 2 is 1.51 bits per heavy atom. The minimum atomic E-state index is -0.632. The van der Waals surface area contributed by atoms with E-state index in [1.165, 1.54) is 17.7 Å². The maximum Gasteiger partial charge on any atom is 0.133 e. The first-order chi connectivity index (χ1) is 17.4. The molecule has 3 nitrogen and oxygen atoms in total. The highest BCUT2D eigenvalue weighted by molar-refractivity contribution is 5.98. The van der Waals surface area contributed by atoms with Crippen LogP contribution in [0.4, 0.5) is 8.78 Å². The van der Waals surface area contributed by atoms with Gasteiger partial charge in [-0.05, 0) is 111 Å². The van der Waals surface area contributed by atoms with Crippen molar-refractivity contribution in [1.29, 1.82) is 0 Å². The standard InChI is InChI=1S/C31H35F2NO2.ClH/c1-21(2)34-17-15-23(16-18-34)22-5-7-24(8-6-22)31(25-9-12-27(36)13-10-25)29(4-3-19-35)28-14-11-26(32)20-30(28)33;/h5-14,20-21,23,35-36H,3-4,15-19H2,1-2H3;1H/b31-29+;. The molecule has 2 N–H and O–H groups in total. The number of hydrogen-bond donors (Lipinski definition) is 2. The molecular formula is C31H36ClF2NO2. The molecule has 0 saturated carbocycles. The molecule has 0 atom stereocenters. The van der Waals surface area contributed by atoms with Crippen molar-refractivity contribution < 1.29 is 19.0 Å². The van der Waals surface area contributed by atoms with Gasteiger partial charge in [0.15, 0.2) is 0 Å². The molecule has 0 spiro atoms. The van der Waals surface area contributed by atoms with Crippen LogP contribution in [0.1, 0.15) is 67.7 Å². The highest BCUT2D eigenvalue weighted by Crippen LogP contribution is 2.38. The Morgan fingerprint density at radius 3 is 2.05 bits per heavy atom. The maximum atomic E-state index is 15.0. The molecular weight excluding hydrogens is 492 g/mol. The topological polar surface area (TPSA) is 43.7 Å². The Balaban J connectivity index is 0.00000380. The van der Waals surface area contributed by atoms with Gasteiger partial charge in [0.25, 0.3) is 0 Å². The summed E-state index contributed by atoms with van der Waals surface area (Å²) >= 11 is 0. The molecule has 3 aromatic carbocycles. The van der Waals surface area contributed by atoms with Gasteiger partial charge >= 0.3 is 0 Å². The molecule has 1 aliphatic rings. The largest absolute Gasteiger partial charge is 0.508 e. The van der Waals surface area contributed by atoms with Crippen LogP contribution in [0.3, 0.4) is 0 Å². The zero-order valence-corrected chi connectivity index (χ0v) is 22.3. The Bertz CT molecular complexity index is 1180. The van der Waals surface area contributed by atoms with Crippen molar-refractivity contribution in [3.8, 4) is 5.75 Å². The lowest BCUT2D eigenvalue weighted by Crippen LogP contribution is -2.37. The number of phenolic OH excluding ortho intramolecular Hbond substituents is 1. The molecule has 1 fully saturated rings. The molecule has 198 valence electrons. The molecule has 4 rings (SSSR count). The number of likely N-dealkylation sites (tertiary alicyclic amines) is 1. The summed E-state index contributed by atoms with van der Waals surface area (Å²) in [5.74, 6) is -0.603. The number of benzene rings is 3. The van der Waals surface area contributed by atoms with Gasteiger partial charge in [0.2, 0.25) is 0 Å². The van der Waals surface area contributed by atoms with E-state index in [2.05, 4.69) is 43.0 Å². The minimum Gasteiger partial charge on any atom is -0.508 e. The number of piperidine rings is 1. The molecule has 1 heterocycles. The first-order valence-corrected chi connectivity index (χ1v) is 12.8. The van der Waals surface area contributed by atoms with Crippen molar-refractivity contribution in [1.82, 2.24) is 4.90 Å². The van der Waals surface area contributed by atoms with Gasteiger partial charge in [-0.2, -0.15) is 0 Å². The third kappa shape index (κ3) is 6.98. The van der Waals surface area contributed by atoms with Crippen LogP contribution in [0, 0.1) is 11.6 Å². The zero-order valence-electron chi connectivity index (χ0n) is 21.5. The molecule has 0 unspecified atom stereocenters. The maximum absolute atomic E-state index is 15.0. The molecule has 3 aromatic rings. The molecule has 0 bridgehead atoms. The summed E-state index contributed by atoms with van der Waals surface area (Å²) in [6, 6.07) is 19.5. The van der Waals surface area contributed by atoms with Crippen molar-refractivity contribution >= 4 is 23.6 Å². The predicted octanol–water partition coefficient (Wildman–Crippen LogP) is 7.41.